The Morgan fingerprint density at radius 3 is 2.56 bits per heavy atom. The minimum Gasteiger partial charge on any atom is -0.367 e. The molecule has 4 aromatic rings. The van der Waals surface area contributed by atoms with Crippen molar-refractivity contribution in [1.82, 2.24) is 14.9 Å². The first kappa shape index (κ1) is 22.2. The molecule has 6 nitrogen and oxygen atoms in total. The molecular formula is C28H31N5O. The van der Waals surface area contributed by atoms with Crippen LogP contribution in [0.3, 0.4) is 0 Å². The van der Waals surface area contributed by atoms with Gasteiger partial charge in [-0.25, -0.2) is 0 Å². The molecule has 1 amide bonds. The summed E-state index contributed by atoms with van der Waals surface area (Å²) in [4.78, 5) is 25.4. The summed E-state index contributed by atoms with van der Waals surface area (Å²) >= 11 is 0. The van der Waals surface area contributed by atoms with Crippen LogP contribution in [0, 0.1) is 13.8 Å². The number of aromatic amines is 1. The van der Waals surface area contributed by atoms with Gasteiger partial charge in [0.15, 0.2) is 0 Å². The van der Waals surface area contributed by atoms with Crippen molar-refractivity contribution in [3.63, 3.8) is 0 Å². The van der Waals surface area contributed by atoms with E-state index in [9.17, 15) is 4.79 Å². The molecule has 0 atom stereocenters. The molecular weight excluding hydrogens is 422 g/mol. The van der Waals surface area contributed by atoms with Crippen LogP contribution in [0.15, 0.2) is 67.0 Å². The number of carbonyl (C=O) groups is 1. The summed E-state index contributed by atoms with van der Waals surface area (Å²) in [6.45, 7) is 9.10. The summed E-state index contributed by atoms with van der Waals surface area (Å²) < 4.78 is 0. The number of aryl methyl sites for hydroxylation is 2. The van der Waals surface area contributed by atoms with E-state index in [1.165, 1.54) is 16.7 Å². The van der Waals surface area contributed by atoms with Gasteiger partial charge in [0.25, 0.3) is 5.91 Å². The highest BCUT2D eigenvalue weighted by molar-refractivity contribution is 6.07. The Bertz CT molecular complexity index is 1290. The van der Waals surface area contributed by atoms with Crippen molar-refractivity contribution >= 4 is 28.2 Å². The summed E-state index contributed by atoms with van der Waals surface area (Å²) in [7, 11) is 0. The summed E-state index contributed by atoms with van der Waals surface area (Å²) in [5, 5.41) is 4.24. The number of H-pyrrole nitrogens is 1. The Morgan fingerprint density at radius 2 is 1.76 bits per heavy atom. The summed E-state index contributed by atoms with van der Waals surface area (Å²) in [5.74, 6) is -0.114. The predicted molar refractivity (Wildman–Crippen MR) is 139 cm³/mol. The molecule has 2 N–H and O–H groups in total. The number of anilines is 2. The van der Waals surface area contributed by atoms with Crippen molar-refractivity contribution in [3.05, 3.63) is 89.4 Å². The average Bonchev–Trinajstić information content (AvgIpc) is 3.29. The minimum atomic E-state index is -0.114. The molecule has 0 unspecified atom stereocenters. The second kappa shape index (κ2) is 9.69. The number of pyridine rings is 1. The number of fused-ring (bicyclic) bond motifs is 1. The number of piperazine rings is 1. The quantitative estimate of drug-likeness (QED) is 0.440. The fourth-order valence-corrected chi connectivity index (χ4v) is 4.82. The van der Waals surface area contributed by atoms with E-state index in [-0.39, 0.29) is 5.91 Å². The van der Waals surface area contributed by atoms with Gasteiger partial charge in [-0.1, -0.05) is 18.2 Å². The van der Waals surface area contributed by atoms with Crippen LogP contribution in [0.1, 0.15) is 27.2 Å². The number of hydrogen-bond acceptors (Lipinski definition) is 4. The van der Waals surface area contributed by atoms with E-state index in [2.05, 4.69) is 69.3 Å². The highest BCUT2D eigenvalue weighted by Gasteiger charge is 2.20. The molecule has 0 aliphatic carbocycles. The number of hydrogen-bond donors (Lipinski definition) is 2. The lowest BCUT2D eigenvalue weighted by Crippen LogP contribution is -2.47. The minimum absolute atomic E-state index is 0.114. The first-order valence-electron chi connectivity index (χ1n) is 11.9. The van der Waals surface area contributed by atoms with Gasteiger partial charge in [-0.15, -0.1) is 0 Å². The molecule has 1 fully saturated rings. The fourth-order valence-electron chi connectivity index (χ4n) is 4.82. The van der Waals surface area contributed by atoms with Gasteiger partial charge in [0.1, 0.15) is 5.69 Å². The molecule has 0 saturated carbocycles. The smallest absolute Gasteiger partial charge is 0.272 e. The van der Waals surface area contributed by atoms with Gasteiger partial charge in [-0.05, 0) is 73.4 Å². The second-order valence-electron chi connectivity index (χ2n) is 9.13. The van der Waals surface area contributed by atoms with Gasteiger partial charge < -0.3 is 15.2 Å². The molecule has 6 heteroatoms. The van der Waals surface area contributed by atoms with Crippen molar-refractivity contribution in [3.8, 4) is 0 Å². The molecule has 174 valence electrons. The first-order chi connectivity index (χ1) is 16.6. The molecule has 3 heterocycles. The standard InChI is InChI=1S/C28H31N5O/c1-20-17-21(2)23-19-26(30-25(23)18-20)28(34)31-24-5-3-4-6-27(24)33-15-13-32(14-16-33)12-9-22-7-10-29-11-8-22/h3-8,10-11,17-19,30H,9,12-16H2,1-2H3,(H,31,34). The first-order valence-corrected chi connectivity index (χ1v) is 11.9. The number of rotatable bonds is 6. The maximum atomic E-state index is 13.1. The largest absolute Gasteiger partial charge is 0.367 e. The Kier molecular flexibility index (Phi) is 6.32. The number of carbonyl (C=O) groups excluding carboxylic acids is 1. The number of amides is 1. The highest BCUT2D eigenvalue weighted by atomic mass is 16.1. The molecule has 0 radical (unpaired) electrons. The molecule has 0 spiro atoms. The summed E-state index contributed by atoms with van der Waals surface area (Å²) in [5.41, 5.74) is 7.19. The van der Waals surface area contributed by atoms with E-state index in [4.69, 9.17) is 0 Å². The number of para-hydroxylation sites is 2. The van der Waals surface area contributed by atoms with Gasteiger partial charge in [-0.3, -0.25) is 14.7 Å². The molecule has 1 saturated heterocycles. The van der Waals surface area contributed by atoms with Crippen molar-refractivity contribution < 1.29 is 4.79 Å². The molecule has 2 aromatic heterocycles. The van der Waals surface area contributed by atoms with Gasteiger partial charge in [0.2, 0.25) is 0 Å². The molecule has 34 heavy (non-hydrogen) atoms. The zero-order valence-electron chi connectivity index (χ0n) is 19.8. The third kappa shape index (κ3) is 4.82. The highest BCUT2D eigenvalue weighted by Crippen LogP contribution is 2.28. The van der Waals surface area contributed by atoms with E-state index >= 15 is 0 Å². The van der Waals surface area contributed by atoms with Gasteiger partial charge in [0.05, 0.1) is 11.4 Å². The number of benzene rings is 2. The number of aromatic nitrogens is 2. The van der Waals surface area contributed by atoms with E-state index < -0.39 is 0 Å². The van der Waals surface area contributed by atoms with Gasteiger partial charge in [0, 0.05) is 56.0 Å². The molecule has 1 aliphatic rings. The zero-order chi connectivity index (χ0) is 23.5. The van der Waals surface area contributed by atoms with Gasteiger partial charge >= 0.3 is 0 Å². The van der Waals surface area contributed by atoms with E-state index in [0.717, 1.165) is 61.4 Å². The number of nitrogens with one attached hydrogen (secondary N) is 2. The van der Waals surface area contributed by atoms with Crippen LogP contribution in [-0.4, -0.2) is 53.5 Å². The Labute approximate surface area is 200 Å². The van der Waals surface area contributed by atoms with Crippen LogP contribution in [0.5, 0.6) is 0 Å². The van der Waals surface area contributed by atoms with Crippen LogP contribution in [0.4, 0.5) is 11.4 Å². The van der Waals surface area contributed by atoms with Crippen LogP contribution in [0.25, 0.3) is 10.9 Å². The molecule has 1 aliphatic heterocycles. The lowest BCUT2D eigenvalue weighted by atomic mass is 10.1. The van der Waals surface area contributed by atoms with Crippen LogP contribution in [0.2, 0.25) is 0 Å². The molecule has 5 rings (SSSR count). The van der Waals surface area contributed by atoms with Crippen molar-refractivity contribution in [1.29, 1.82) is 0 Å². The van der Waals surface area contributed by atoms with E-state index in [0.29, 0.717) is 5.69 Å². The summed E-state index contributed by atoms with van der Waals surface area (Å²) in [6.07, 6.45) is 4.76. The number of nitrogens with zero attached hydrogens (tertiary/aromatic N) is 3. The maximum absolute atomic E-state index is 13.1. The van der Waals surface area contributed by atoms with Crippen LogP contribution in [-0.2, 0) is 6.42 Å². The summed E-state index contributed by atoms with van der Waals surface area (Å²) in [6, 6.07) is 18.4. The topological polar surface area (TPSA) is 64.3 Å². The van der Waals surface area contributed by atoms with Crippen LogP contribution >= 0.6 is 0 Å². The SMILES string of the molecule is Cc1cc(C)c2cc(C(=O)Nc3ccccc3N3CCN(CCc4ccncc4)CC3)[nH]c2c1. The normalized spacial score (nSPS) is 14.5. The molecule has 0 bridgehead atoms. The van der Waals surface area contributed by atoms with Crippen molar-refractivity contribution in [2.45, 2.75) is 20.3 Å². The van der Waals surface area contributed by atoms with Crippen molar-refractivity contribution in [2.24, 2.45) is 0 Å². The molecule has 2 aromatic carbocycles. The lowest BCUT2D eigenvalue weighted by Gasteiger charge is -2.37. The zero-order valence-corrected chi connectivity index (χ0v) is 19.8. The van der Waals surface area contributed by atoms with E-state index in [1.807, 2.05) is 36.7 Å². The van der Waals surface area contributed by atoms with Crippen LogP contribution < -0.4 is 10.2 Å². The second-order valence-corrected chi connectivity index (χ2v) is 9.13. The lowest BCUT2D eigenvalue weighted by molar-refractivity contribution is 0.102. The Balaban J connectivity index is 1.24. The van der Waals surface area contributed by atoms with Crippen molar-refractivity contribution in [2.75, 3.05) is 42.9 Å². The van der Waals surface area contributed by atoms with E-state index in [1.54, 1.807) is 0 Å². The Hall–Kier alpha value is -3.64. The third-order valence-corrected chi connectivity index (χ3v) is 6.67. The third-order valence-electron chi connectivity index (χ3n) is 6.67. The maximum Gasteiger partial charge on any atom is 0.272 e. The Morgan fingerprint density at radius 1 is 1.00 bits per heavy atom. The average molecular weight is 454 g/mol. The van der Waals surface area contributed by atoms with Gasteiger partial charge in [-0.2, -0.15) is 0 Å². The predicted octanol–water partition coefficient (Wildman–Crippen LogP) is 4.80. The monoisotopic (exact) mass is 453 g/mol. The fraction of sp³-hybridized carbons (Fsp3) is 0.286.